The molecule has 2 fully saturated rings. The molecule has 4 nitrogen and oxygen atoms in total. The third kappa shape index (κ3) is 2.61. The molecule has 1 aromatic heterocycles. The Kier molecular flexibility index (Phi) is 3.80. The molecule has 0 spiro atoms. The van der Waals surface area contributed by atoms with Crippen LogP contribution >= 0.6 is 0 Å². The van der Waals surface area contributed by atoms with E-state index in [-0.39, 0.29) is 0 Å². The largest absolute Gasteiger partial charge is 0.375 e. The van der Waals surface area contributed by atoms with Crippen LogP contribution in [0.2, 0.25) is 0 Å². The Morgan fingerprint density at radius 2 is 1.91 bits per heavy atom. The van der Waals surface area contributed by atoms with Crippen molar-refractivity contribution in [3.8, 4) is 0 Å². The van der Waals surface area contributed by atoms with Gasteiger partial charge in [-0.2, -0.15) is 0 Å². The van der Waals surface area contributed by atoms with E-state index >= 15 is 0 Å². The number of ether oxygens (including phenoxy) is 1. The molecule has 0 N–H and O–H groups in total. The first-order valence-corrected chi connectivity index (χ1v) is 8.39. The van der Waals surface area contributed by atoms with Gasteiger partial charge in [0, 0.05) is 19.1 Å². The minimum absolute atomic E-state index is 0.427. The fraction of sp³-hybridized carbons (Fsp3) is 0.556. The van der Waals surface area contributed by atoms with Crippen LogP contribution in [0.15, 0.2) is 24.3 Å². The molecule has 22 heavy (non-hydrogen) atoms. The lowest BCUT2D eigenvalue weighted by molar-refractivity contribution is -0.0915. The fourth-order valence-electron chi connectivity index (χ4n) is 3.84. The van der Waals surface area contributed by atoms with Gasteiger partial charge in [0.2, 0.25) is 0 Å². The van der Waals surface area contributed by atoms with Crippen molar-refractivity contribution >= 4 is 11.0 Å². The molecule has 0 amide bonds. The standard InChI is InChI=1S/C18H23N3O/c1-13-16(20-15-7-3-2-6-14(15)19-13)12-21-10-11-22-18-9-5-4-8-17(18)21/h2-3,6-7,17-18H,4-5,8-12H2,1H3/t17-,18+/m1/s1. The molecular formula is C18H23N3O. The molecule has 0 bridgehead atoms. The molecular weight excluding hydrogens is 274 g/mol. The fourth-order valence-corrected chi connectivity index (χ4v) is 3.84. The van der Waals surface area contributed by atoms with Crippen LogP contribution in [0.1, 0.15) is 37.1 Å². The molecule has 1 aliphatic heterocycles. The van der Waals surface area contributed by atoms with Gasteiger partial charge in [0.05, 0.1) is 35.1 Å². The molecule has 1 aliphatic carbocycles. The van der Waals surface area contributed by atoms with Crippen LogP contribution in [-0.4, -0.2) is 40.2 Å². The quantitative estimate of drug-likeness (QED) is 0.854. The molecule has 1 saturated carbocycles. The number of morpholine rings is 1. The summed E-state index contributed by atoms with van der Waals surface area (Å²) in [6, 6.07) is 8.70. The summed E-state index contributed by atoms with van der Waals surface area (Å²) in [7, 11) is 0. The number of benzene rings is 1. The maximum Gasteiger partial charge on any atom is 0.0890 e. The minimum atomic E-state index is 0.427. The molecule has 2 aromatic rings. The molecule has 2 aliphatic rings. The van der Waals surface area contributed by atoms with Gasteiger partial charge >= 0.3 is 0 Å². The van der Waals surface area contributed by atoms with Crippen LogP contribution in [0.4, 0.5) is 0 Å². The average molecular weight is 297 g/mol. The van der Waals surface area contributed by atoms with Crippen LogP contribution in [0.5, 0.6) is 0 Å². The van der Waals surface area contributed by atoms with Crippen molar-refractivity contribution in [1.29, 1.82) is 0 Å². The van der Waals surface area contributed by atoms with Gasteiger partial charge in [0.15, 0.2) is 0 Å². The molecule has 4 rings (SSSR count). The lowest BCUT2D eigenvalue weighted by Gasteiger charge is -2.43. The second-order valence-corrected chi connectivity index (χ2v) is 6.48. The van der Waals surface area contributed by atoms with Crippen LogP contribution in [-0.2, 0) is 11.3 Å². The molecule has 0 unspecified atom stereocenters. The van der Waals surface area contributed by atoms with E-state index in [9.17, 15) is 0 Å². The molecule has 116 valence electrons. The van der Waals surface area contributed by atoms with Gasteiger partial charge < -0.3 is 4.74 Å². The number of aromatic nitrogens is 2. The Morgan fingerprint density at radius 1 is 1.14 bits per heavy atom. The van der Waals surface area contributed by atoms with Crippen molar-refractivity contribution < 1.29 is 4.74 Å². The van der Waals surface area contributed by atoms with Crippen molar-refractivity contribution in [3.05, 3.63) is 35.7 Å². The zero-order valence-electron chi connectivity index (χ0n) is 13.2. The Bertz CT molecular complexity index is 670. The number of fused-ring (bicyclic) bond motifs is 2. The van der Waals surface area contributed by atoms with Crippen LogP contribution in [0.25, 0.3) is 11.0 Å². The third-order valence-electron chi connectivity index (χ3n) is 5.04. The van der Waals surface area contributed by atoms with Crippen molar-refractivity contribution in [2.45, 2.75) is 51.3 Å². The average Bonchev–Trinajstić information content (AvgIpc) is 2.56. The number of rotatable bonds is 2. The van der Waals surface area contributed by atoms with Gasteiger partial charge in [0.1, 0.15) is 0 Å². The highest BCUT2D eigenvalue weighted by Gasteiger charge is 2.34. The predicted octanol–water partition coefficient (Wildman–Crippen LogP) is 3.08. The first kappa shape index (κ1) is 14.1. The van der Waals surface area contributed by atoms with Gasteiger partial charge in [-0.3, -0.25) is 4.90 Å². The predicted molar refractivity (Wildman–Crippen MR) is 86.7 cm³/mol. The number of hydrogen-bond donors (Lipinski definition) is 0. The normalized spacial score (nSPS) is 26.0. The van der Waals surface area contributed by atoms with E-state index in [1.807, 2.05) is 24.3 Å². The maximum absolute atomic E-state index is 5.97. The molecule has 1 aromatic carbocycles. The van der Waals surface area contributed by atoms with Crippen molar-refractivity contribution in [2.24, 2.45) is 0 Å². The van der Waals surface area contributed by atoms with Gasteiger partial charge in [-0.15, -0.1) is 0 Å². The van der Waals surface area contributed by atoms with Crippen LogP contribution in [0, 0.1) is 6.92 Å². The Labute approximate surface area is 131 Å². The third-order valence-corrected chi connectivity index (χ3v) is 5.04. The van der Waals surface area contributed by atoms with Crippen LogP contribution < -0.4 is 0 Å². The SMILES string of the molecule is Cc1nc2ccccc2nc1CN1CCO[C@H]2CCCC[C@H]21. The maximum atomic E-state index is 5.97. The van der Waals surface area contributed by atoms with E-state index in [4.69, 9.17) is 14.7 Å². The minimum Gasteiger partial charge on any atom is -0.375 e. The first-order valence-electron chi connectivity index (χ1n) is 8.39. The van der Waals surface area contributed by atoms with Crippen LogP contribution in [0.3, 0.4) is 0 Å². The van der Waals surface area contributed by atoms with E-state index in [0.717, 1.165) is 42.1 Å². The zero-order valence-corrected chi connectivity index (χ0v) is 13.2. The lowest BCUT2D eigenvalue weighted by Crippen LogP contribution is -2.52. The number of hydrogen-bond acceptors (Lipinski definition) is 4. The summed E-state index contributed by atoms with van der Waals surface area (Å²) in [6.07, 6.45) is 5.53. The summed E-state index contributed by atoms with van der Waals surface area (Å²) in [5.74, 6) is 0. The summed E-state index contributed by atoms with van der Waals surface area (Å²) in [6.45, 7) is 4.83. The van der Waals surface area contributed by atoms with E-state index in [2.05, 4.69) is 11.8 Å². The first-order chi connectivity index (χ1) is 10.8. The Morgan fingerprint density at radius 3 is 2.77 bits per heavy atom. The van der Waals surface area contributed by atoms with E-state index < -0.39 is 0 Å². The van der Waals surface area contributed by atoms with Crippen molar-refractivity contribution in [2.75, 3.05) is 13.2 Å². The highest BCUT2D eigenvalue weighted by molar-refractivity contribution is 5.74. The number of aryl methyl sites for hydroxylation is 1. The van der Waals surface area contributed by atoms with Crippen molar-refractivity contribution in [1.82, 2.24) is 14.9 Å². The summed E-state index contributed by atoms with van der Waals surface area (Å²) >= 11 is 0. The van der Waals surface area contributed by atoms with Gasteiger partial charge in [-0.1, -0.05) is 25.0 Å². The van der Waals surface area contributed by atoms with Gasteiger partial charge in [-0.05, 0) is 31.9 Å². The van der Waals surface area contributed by atoms with Crippen molar-refractivity contribution in [3.63, 3.8) is 0 Å². The molecule has 0 radical (unpaired) electrons. The summed E-state index contributed by atoms with van der Waals surface area (Å²) in [5.41, 5.74) is 4.15. The monoisotopic (exact) mass is 297 g/mol. The smallest absolute Gasteiger partial charge is 0.0890 e. The lowest BCUT2D eigenvalue weighted by atomic mass is 9.90. The Hall–Kier alpha value is -1.52. The number of para-hydroxylation sites is 2. The molecule has 2 atom stereocenters. The van der Waals surface area contributed by atoms with Gasteiger partial charge in [-0.25, -0.2) is 9.97 Å². The van der Waals surface area contributed by atoms with Gasteiger partial charge in [0.25, 0.3) is 0 Å². The van der Waals surface area contributed by atoms with E-state index in [1.165, 1.54) is 25.7 Å². The highest BCUT2D eigenvalue weighted by Crippen LogP contribution is 2.29. The summed E-state index contributed by atoms with van der Waals surface area (Å²) in [4.78, 5) is 12.2. The summed E-state index contributed by atoms with van der Waals surface area (Å²) < 4.78 is 5.97. The second-order valence-electron chi connectivity index (χ2n) is 6.48. The van der Waals surface area contributed by atoms with E-state index in [1.54, 1.807) is 0 Å². The molecule has 4 heteroatoms. The second kappa shape index (κ2) is 5.94. The Balaban J connectivity index is 1.60. The summed E-state index contributed by atoms with van der Waals surface area (Å²) in [5, 5.41) is 0. The highest BCUT2D eigenvalue weighted by atomic mass is 16.5. The number of nitrogens with zero attached hydrogens (tertiary/aromatic N) is 3. The topological polar surface area (TPSA) is 38.2 Å². The van der Waals surface area contributed by atoms with E-state index in [0.29, 0.717) is 12.1 Å². The molecule has 2 heterocycles. The molecule has 1 saturated heterocycles. The zero-order chi connectivity index (χ0) is 14.9.